The molecule has 1 N–H and O–H groups in total. The summed E-state index contributed by atoms with van der Waals surface area (Å²) < 4.78 is 0. The Labute approximate surface area is 122 Å². The second kappa shape index (κ2) is 7.35. The van der Waals surface area contributed by atoms with Gasteiger partial charge in [-0.25, -0.2) is 15.0 Å². The number of para-hydroxylation sites is 1. The highest BCUT2D eigenvalue weighted by Gasteiger charge is 2.04. The monoisotopic (exact) mass is 284 g/mol. The Hall–Kier alpha value is -2.27. The van der Waals surface area contributed by atoms with Crippen LogP contribution >= 0.6 is 11.3 Å². The fourth-order valence-corrected chi connectivity index (χ4v) is 2.15. The summed E-state index contributed by atoms with van der Waals surface area (Å²) in [5, 5.41) is 5.99. The Morgan fingerprint density at radius 1 is 0.950 bits per heavy atom. The maximum absolute atomic E-state index is 4.44. The van der Waals surface area contributed by atoms with Gasteiger partial charge in [-0.2, -0.15) is 0 Å². The molecule has 0 bridgehead atoms. The molecule has 1 aromatic carbocycles. The smallest absolute Gasteiger partial charge is 0.227 e. The van der Waals surface area contributed by atoms with Crippen molar-refractivity contribution < 1.29 is 0 Å². The van der Waals surface area contributed by atoms with Crippen molar-refractivity contribution in [3.05, 3.63) is 54.2 Å². The molecule has 0 aliphatic heterocycles. The molecular weight excluding hydrogens is 268 g/mol. The zero-order chi connectivity index (χ0) is 14.2. The normalized spacial score (nSPS) is 9.50. The van der Waals surface area contributed by atoms with Crippen LogP contribution in [0.15, 0.2) is 54.2 Å². The molecule has 0 saturated heterocycles. The average Bonchev–Trinajstić information content (AvgIpc) is 3.05. The highest BCUT2D eigenvalue weighted by Crippen LogP contribution is 2.20. The van der Waals surface area contributed by atoms with Crippen LogP contribution < -0.4 is 5.32 Å². The molecule has 0 saturated carbocycles. The number of aromatic nitrogens is 3. The number of anilines is 2. The molecule has 4 nitrogen and oxygen atoms in total. The fourth-order valence-electron chi connectivity index (χ4n) is 1.54. The van der Waals surface area contributed by atoms with Gasteiger partial charge in [0.2, 0.25) is 5.95 Å². The molecule has 20 heavy (non-hydrogen) atoms. The van der Waals surface area contributed by atoms with Crippen molar-refractivity contribution in [1.29, 1.82) is 0 Å². The molecule has 5 heteroatoms. The molecule has 0 fully saturated rings. The first-order chi connectivity index (χ1) is 9.92. The van der Waals surface area contributed by atoms with E-state index in [0.717, 1.165) is 16.4 Å². The summed E-state index contributed by atoms with van der Waals surface area (Å²) in [6.45, 7) is 4.00. The summed E-state index contributed by atoms with van der Waals surface area (Å²) in [6.07, 6.45) is 3.50. The third-order valence-corrected chi connectivity index (χ3v) is 3.13. The number of thiazole rings is 1. The molecular formula is C15H16N4S. The lowest BCUT2D eigenvalue weighted by molar-refractivity contribution is 1.16. The van der Waals surface area contributed by atoms with Crippen LogP contribution in [0.1, 0.15) is 13.8 Å². The summed E-state index contributed by atoms with van der Waals surface area (Å²) >= 11 is 1.56. The van der Waals surface area contributed by atoms with Crippen LogP contribution in [0.3, 0.4) is 0 Å². The first-order valence-corrected chi connectivity index (χ1v) is 7.35. The highest BCUT2D eigenvalue weighted by atomic mass is 32.1. The van der Waals surface area contributed by atoms with Crippen molar-refractivity contribution in [3.63, 3.8) is 0 Å². The minimum absolute atomic E-state index is 0.578. The summed E-state index contributed by atoms with van der Waals surface area (Å²) in [5.74, 6) is 0.578. The minimum atomic E-state index is 0.578. The van der Waals surface area contributed by atoms with E-state index in [4.69, 9.17) is 0 Å². The molecule has 0 amide bonds. The molecule has 102 valence electrons. The second-order valence-electron chi connectivity index (χ2n) is 3.59. The van der Waals surface area contributed by atoms with Crippen LogP contribution in [0.2, 0.25) is 0 Å². The number of hydrogen-bond donors (Lipinski definition) is 1. The van der Waals surface area contributed by atoms with Crippen LogP contribution in [-0.2, 0) is 0 Å². The Bertz CT molecular complexity index is 623. The van der Waals surface area contributed by atoms with E-state index in [1.165, 1.54) is 0 Å². The van der Waals surface area contributed by atoms with Gasteiger partial charge >= 0.3 is 0 Å². The van der Waals surface area contributed by atoms with Gasteiger partial charge in [-0.15, -0.1) is 11.3 Å². The van der Waals surface area contributed by atoms with Gasteiger partial charge in [0.25, 0.3) is 0 Å². The number of rotatable bonds is 3. The summed E-state index contributed by atoms with van der Waals surface area (Å²) in [4.78, 5) is 12.9. The zero-order valence-corrected chi connectivity index (χ0v) is 12.3. The number of nitrogens with zero attached hydrogens (tertiary/aromatic N) is 3. The van der Waals surface area contributed by atoms with Gasteiger partial charge in [0.1, 0.15) is 10.7 Å². The lowest BCUT2D eigenvalue weighted by Crippen LogP contribution is -1.97. The van der Waals surface area contributed by atoms with Gasteiger partial charge in [0.05, 0.1) is 0 Å². The first-order valence-electron chi connectivity index (χ1n) is 6.47. The highest BCUT2D eigenvalue weighted by molar-refractivity contribution is 7.13. The fraction of sp³-hybridized carbons (Fsp3) is 0.133. The van der Waals surface area contributed by atoms with Crippen molar-refractivity contribution in [2.24, 2.45) is 0 Å². The average molecular weight is 284 g/mol. The molecule has 3 aromatic rings. The molecule has 0 aliphatic carbocycles. The Morgan fingerprint density at radius 3 is 2.45 bits per heavy atom. The standard InChI is InChI=1S/C13H10N4S.C2H6/c1-2-4-10(5-3-1)16-13-15-7-6-11(17-13)12-14-8-9-18-12;1-2/h1-9H,(H,15,16,17);1-2H3. The van der Waals surface area contributed by atoms with Crippen LogP contribution in [0.5, 0.6) is 0 Å². The molecule has 0 atom stereocenters. The molecule has 2 heterocycles. The maximum Gasteiger partial charge on any atom is 0.227 e. The maximum atomic E-state index is 4.44. The van der Waals surface area contributed by atoms with E-state index in [1.807, 2.05) is 55.6 Å². The van der Waals surface area contributed by atoms with E-state index in [-0.39, 0.29) is 0 Å². The molecule has 0 radical (unpaired) electrons. The SMILES string of the molecule is CC.c1ccc(Nc2nccc(-c3nccs3)n2)cc1. The Balaban J connectivity index is 0.000000704. The van der Waals surface area contributed by atoms with Crippen molar-refractivity contribution >= 4 is 23.0 Å². The molecule has 0 spiro atoms. The second-order valence-corrected chi connectivity index (χ2v) is 4.49. The van der Waals surface area contributed by atoms with Crippen LogP contribution in [-0.4, -0.2) is 15.0 Å². The topological polar surface area (TPSA) is 50.7 Å². The number of benzene rings is 1. The van der Waals surface area contributed by atoms with E-state index in [1.54, 1.807) is 23.7 Å². The van der Waals surface area contributed by atoms with Crippen molar-refractivity contribution in [2.45, 2.75) is 13.8 Å². The van der Waals surface area contributed by atoms with E-state index >= 15 is 0 Å². The molecule has 3 rings (SSSR count). The van der Waals surface area contributed by atoms with Crippen molar-refractivity contribution in [2.75, 3.05) is 5.32 Å². The van der Waals surface area contributed by atoms with Gasteiger partial charge in [0.15, 0.2) is 0 Å². The minimum Gasteiger partial charge on any atom is -0.324 e. The van der Waals surface area contributed by atoms with Crippen molar-refractivity contribution in [3.8, 4) is 10.7 Å². The first kappa shape index (κ1) is 14.1. The molecule has 0 unspecified atom stereocenters. The zero-order valence-electron chi connectivity index (χ0n) is 11.4. The van der Waals surface area contributed by atoms with Crippen molar-refractivity contribution in [1.82, 2.24) is 15.0 Å². The number of hydrogen-bond acceptors (Lipinski definition) is 5. The number of nitrogens with one attached hydrogen (secondary N) is 1. The van der Waals surface area contributed by atoms with Crippen LogP contribution in [0.4, 0.5) is 11.6 Å². The quantitative estimate of drug-likeness (QED) is 0.776. The predicted octanol–water partition coefficient (Wildman–Crippen LogP) is 4.37. The van der Waals surface area contributed by atoms with E-state index in [0.29, 0.717) is 5.95 Å². The summed E-state index contributed by atoms with van der Waals surface area (Å²) in [7, 11) is 0. The van der Waals surface area contributed by atoms with E-state index in [2.05, 4.69) is 20.3 Å². The third kappa shape index (κ3) is 3.61. The van der Waals surface area contributed by atoms with Gasteiger partial charge in [-0.05, 0) is 18.2 Å². The Morgan fingerprint density at radius 2 is 1.75 bits per heavy atom. The van der Waals surface area contributed by atoms with Gasteiger partial charge in [-0.1, -0.05) is 32.0 Å². The lowest BCUT2D eigenvalue weighted by atomic mass is 10.3. The largest absolute Gasteiger partial charge is 0.324 e. The van der Waals surface area contributed by atoms with E-state index in [9.17, 15) is 0 Å². The lowest BCUT2D eigenvalue weighted by Gasteiger charge is -2.04. The summed E-state index contributed by atoms with van der Waals surface area (Å²) in [6, 6.07) is 11.7. The van der Waals surface area contributed by atoms with Gasteiger partial charge in [-0.3, -0.25) is 0 Å². The van der Waals surface area contributed by atoms with E-state index < -0.39 is 0 Å². The third-order valence-electron chi connectivity index (χ3n) is 2.34. The van der Waals surface area contributed by atoms with Gasteiger partial charge in [0, 0.05) is 23.5 Å². The molecule has 0 aliphatic rings. The molecule has 2 aromatic heterocycles. The van der Waals surface area contributed by atoms with Crippen LogP contribution in [0, 0.1) is 0 Å². The van der Waals surface area contributed by atoms with Gasteiger partial charge < -0.3 is 5.32 Å². The Kier molecular flexibility index (Phi) is 5.20. The predicted molar refractivity (Wildman–Crippen MR) is 84.2 cm³/mol. The summed E-state index contributed by atoms with van der Waals surface area (Å²) in [5.41, 5.74) is 1.80. The van der Waals surface area contributed by atoms with Crippen LogP contribution in [0.25, 0.3) is 10.7 Å².